The summed E-state index contributed by atoms with van der Waals surface area (Å²) < 4.78 is 5.68. The van der Waals surface area contributed by atoms with Crippen molar-refractivity contribution < 1.29 is 4.74 Å². The van der Waals surface area contributed by atoms with Crippen molar-refractivity contribution >= 4 is 0 Å². The molecule has 2 heteroatoms. The number of fused-ring (bicyclic) bond motifs is 1. The van der Waals surface area contributed by atoms with Crippen LogP contribution in [0.3, 0.4) is 0 Å². The zero-order valence-electron chi connectivity index (χ0n) is 11.5. The van der Waals surface area contributed by atoms with Crippen molar-refractivity contribution in [1.29, 1.82) is 0 Å². The summed E-state index contributed by atoms with van der Waals surface area (Å²) in [7, 11) is 1.85. The second-order valence-electron chi connectivity index (χ2n) is 5.92. The van der Waals surface area contributed by atoms with E-state index in [0.29, 0.717) is 6.04 Å². The predicted molar refractivity (Wildman–Crippen MR) is 73.8 cm³/mol. The molecular weight excluding hydrogens is 222 g/mol. The Morgan fingerprint density at radius 1 is 1.39 bits per heavy atom. The first-order chi connectivity index (χ1) is 8.72. The van der Waals surface area contributed by atoms with E-state index in [1.807, 2.05) is 7.11 Å². The summed E-state index contributed by atoms with van der Waals surface area (Å²) in [6.45, 7) is 3.18. The largest absolute Gasteiger partial charge is 0.377 e. The van der Waals surface area contributed by atoms with Gasteiger partial charge in [0, 0.05) is 19.7 Å². The predicted octanol–water partition coefficient (Wildman–Crippen LogP) is 3.14. The van der Waals surface area contributed by atoms with E-state index in [4.69, 9.17) is 4.74 Å². The zero-order chi connectivity index (χ0) is 12.6. The molecule has 1 atom stereocenters. The Morgan fingerprint density at radius 3 is 2.89 bits per heavy atom. The fourth-order valence-corrected chi connectivity index (χ4v) is 3.27. The van der Waals surface area contributed by atoms with Crippen molar-refractivity contribution in [2.45, 2.75) is 50.7 Å². The van der Waals surface area contributed by atoms with E-state index in [2.05, 4.69) is 30.4 Å². The average Bonchev–Trinajstić information content (AvgIpc) is 2.71. The van der Waals surface area contributed by atoms with Crippen LogP contribution in [0.15, 0.2) is 18.2 Å². The van der Waals surface area contributed by atoms with E-state index in [1.165, 1.54) is 48.8 Å². The minimum atomic E-state index is 0.132. The van der Waals surface area contributed by atoms with Gasteiger partial charge in [-0.2, -0.15) is 0 Å². The number of hydrogen-bond donors (Lipinski definition) is 1. The van der Waals surface area contributed by atoms with Gasteiger partial charge in [0.15, 0.2) is 0 Å². The molecule has 3 rings (SSSR count). The van der Waals surface area contributed by atoms with Crippen molar-refractivity contribution in [3.8, 4) is 0 Å². The Hall–Kier alpha value is -0.860. The molecule has 0 aromatic heterocycles. The Morgan fingerprint density at radius 2 is 2.22 bits per heavy atom. The molecule has 1 fully saturated rings. The highest BCUT2D eigenvalue weighted by Crippen LogP contribution is 2.37. The summed E-state index contributed by atoms with van der Waals surface area (Å²) in [6.07, 6.45) is 6.19. The Balaban J connectivity index is 1.67. The van der Waals surface area contributed by atoms with Gasteiger partial charge in [-0.3, -0.25) is 0 Å². The number of nitrogens with one attached hydrogen (secondary N) is 1. The Bertz CT molecular complexity index is 431. The number of aryl methyl sites for hydroxylation is 2. The summed E-state index contributed by atoms with van der Waals surface area (Å²) in [5, 5.41) is 3.73. The first kappa shape index (κ1) is 12.2. The lowest BCUT2D eigenvalue weighted by Crippen LogP contribution is -2.48. The highest BCUT2D eigenvalue weighted by molar-refractivity contribution is 5.37. The molecule has 0 spiro atoms. The van der Waals surface area contributed by atoms with Gasteiger partial charge >= 0.3 is 0 Å². The molecule has 1 N–H and O–H groups in total. The van der Waals surface area contributed by atoms with Crippen molar-refractivity contribution in [2.24, 2.45) is 0 Å². The van der Waals surface area contributed by atoms with Gasteiger partial charge in [0.25, 0.3) is 0 Å². The molecule has 1 saturated carbocycles. The number of hydrogen-bond acceptors (Lipinski definition) is 2. The van der Waals surface area contributed by atoms with Crippen LogP contribution in [0.1, 0.15) is 48.4 Å². The second kappa shape index (κ2) is 4.67. The molecule has 0 bridgehead atoms. The van der Waals surface area contributed by atoms with Crippen molar-refractivity contribution in [1.82, 2.24) is 5.32 Å². The van der Waals surface area contributed by atoms with Crippen LogP contribution in [0.4, 0.5) is 0 Å². The third-order valence-electron chi connectivity index (χ3n) is 4.75. The van der Waals surface area contributed by atoms with E-state index < -0.39 is 0 Å². The highest BCUT2D eigenvalue weighted by Gasteiger charge is 2.37. The molecule has 1 unspecified atom stereocenters. The van der Waals surface area contributed by atoms with Crippen LogP contribution in [-0.2, 0) is 11.2 Å². The van der Waals surface area contributed by atoms with Gasteiger partial charge < -0.3 is 10.1 Å². The third-order valence-corrected chi connectivity index (χ3v) is 4.75. The summed E-state index contributed by atoms with van der Waals surface area (Å²) in [6, 6.07) is 7.40. The monoisotopic (exact) mass is 245 g/mol. The molecule has 0 heterocycles. The number of ether oxygens (including phenoxy) is 1. The molecule has 0 amide bonds. The quantitative estimate of drug-likeness (QED) is 0.880. The van der Waals surface area contributed by atoms with Gasteiger partial charge in [0.1, 0.15) is 0 Å². The topological polar surface area (TPSA) is 21.3 Å². The second-order valence-corrected chi connectivity index (χ2v) is 5.92. The van der Waals surface area contributed by atoms with Gasteiger partial charge in [-0.05, 0) is 50.2 Å². The van der Waals surface area contributed by atoms with Gasteiger partial charge in [-0.15, -0.1) is 0 Å². The minimum absolute atomic E-state index is 0.132. The maximum atomic E-state index is 5.68. The van der Waals surface area contributed by atoms with E-state index in [-0.39, 0.29) is 5.60 Å². The van der Waals surface area contributed by atoms with Crippen LogP contribution in [0, 0.1) is 6.92 Å². The van der Waals surface area contributed by atoms with Crippen LogP contribution >= 0.6 is 0 Å². The molecule has 0 radical (unpaired) electrons. The molecule has 0 aliphatic heterocycles. The molecule has 18 heavy (non-hydrogen) atoms. The first-order valence-electron chi connectivity index (χ1n) is 7.10. The first-order valence-corrected chi connectivity index (χ1v) is 7.10. The van der Waals surface area contributed by atoms with Gasteiger partial charge in [-0.25, -0.2) is 0 Å². The molecule has 2 nitrogen and oxygen atoms in total. The molecule has 1 aromatic rings. The van der Waals surface area contributed by atoms with Crippen LogP contribution in [0.25, 0.3) is 0 Å². The van der Waals surface area contributed by atoms with Crippen molar-refractivity contribution in [2.75, 3.05) is 13.7 Å². The molecule has 1 aromatic carbocycles. The highest BCUT2D eigenvalue weighted by atomic mass is 16.5. The van der Waals surface area contributed by atoms with Crippen LogP contribution in [-0.4, -0.2) is 19.3 Å². The fourth-order valence-electron chi connectivity index (χ4n) is 3.27. The summed E-state index contributed by atoms with van der Waals surface area (Å²) in [5.41, 5.74) is 4.54. The smallest absolute Gasteiger partial charge is 0.0802 e. The Labute approximate surface area is 110 Å². The lowest BCUT2D eigenvalue weighted by molar-refractivity contribution is -0.0709. The number of benzene rings is 1. The number of methoxy groups -OCH3 is 1. The van der Waals surface area contributed by atoms with E-state index in [9.17, 15) is 0 Å². The zero-order valence-corrected chi connectivity index (χ0v) is 11.5. The maximum Gasteiger partial charge on any atom is 0.0802 e. The van der Waals surface area contributed by atoms with Crippen molar-refractivity contribution in [3.05, 3.63) is 34.9 Å². The van der Waals surface area contributed by atoms with Crippen LogP contribution in [0.5, 0.6) is 0 Å². The molecule has 2 aliphatic carbocycles. The van der Waals surface area contributed by atoms with E-state index >= 15 is 0 Å². The lowest BCUT2D eigenvalue weighted by atomic mass is 9.79. The number of rotatable bonds is 4. The normalized spacial score (nSPS) is 24.7. The van der Waals surface area contributed by atoms with E-state index in [0.717, 1.165) is 6.54 Å². The summed E-state index contributed by atoms with van der Waals surface area (Å²) in [5.74, 6) is 0. The molecule has 0 saturated heterocycles. The van der Waals surface area contributed by atoms with Crippen LogP contribution < -0.4 is 5.32 Å². The Kier molecular flexibility index (Phi) is 3.16. The van der Waals surface area contributed by atoms with Gasteiger partial charge in [-0.1, -0.05) is 23.8 Å². The van der Waals surface area contributed by atoms with Gasteiger partial charge in [0.2, 0.25) is 0 Å². The SMILES string of the molecule is COC1(CNC2CCc3ccc(C)cc32)CCC1. The minimum Gasteiger partial charge on any atom is -0.377 e. The lowest BCUT2D eigenvalue weighted by Gasteiger charge is -2.41. The molecule has 98 valence electrons. The van der Waals surface area contributed by atoms with Crippen LogP contribution in [0.2, 0.25) is 0 Å². The summed E-state index contributed by atoms with van der Waals surface area (Å²) in [4.78, 5) is 0. The third kappa shape index (κ3) is 2.08. The summed E-state index contributed by atoms with van der Waals surface area (Å²) >= 11 is 0. The average molecular weight is 245 g/mol. The maximum absolute atomic E-state index is 5.68. The molecular formula is C16H23NO. The van der Waals surface area contributed by atoms with E-state index in [1.54, 1.807) is 0 Å². The molecule has 2 aliphatic rings. The van der Waals surface area contributed by atoms with Gasteiger partial charge in [0.05, 0.1) is 5.60 Å². The van der Waals surface area contributed by atoms with Crippen molar-refractivity contribution in [3.63, 3.8) is 0 Å². The standard InChI is InChI=1S/C16H23NO/c1-12-4-5-13-6-7-15(14(13)10-12)17-11-16(18-2)8-3-9-16/h4-5,10,15,17H,3,6-9,11H2,1-2H3. The fraction of sp³-hybridized carbons (Fsp3) is 0.625.